The number of rotatable bonds is 6. The molecule has 0 aromatic carbocycles. The number of pyridine rings is 1. The minimum Gasteiger partial charge on any atom is -0.475 e. The summed E-state index contributed by atoms with van der Waals surface area (Å²) in [4.78, 5) is 17.8. The Labute approximate surface area is 159 Å². The average Bonchev–Trinajstić information content (AvgIpc) is 2.58. The molecule has 0 aliphatic heterocycles. The number of aliphatic imine (C=N–C) groups is 1. The molecule has 0 aliphatic carbocycles. The number of alkyl halides is 8. The molecule has 0 N–H and O–H groups in total. The molecular weight excluding hydrogens is 420 g/mol. The van der Waals surface area contributed by atoms with Crippen LogP contribution in [0.3, 0.4) is 0 Å². The molecule has 164 valence electrons. The second-order valence-corrected chi connectivity index (χ2v) is 5.27. The Morgan fingerprint density at radius 1 is 1.03 bits per heavy atom. The third-order valence-electron chi connectivity index (χ3n) is 3.34. The highest BCUT2D eigenvalue weighted by Gasteiger charge is 2.43. The Hall–Kier alpha value is -2.47. The zero-order chi connectivity index (χ0) is 22.6. The van der Waals surface area contributed by atoms with Gasteiger partial charge in [-0.3, -0.25) is 0 Å². The zero-order valence-electron chi connectivity index (χ0n) is 15.3. The molecule has 29 heavy (non-hydrogen) atoms. The second-order valence-electron chi connectivity index (χ2n) is 5.27. The maximum Gasteiger partial charge on any atom is 0.468 e. The molecule has 0 bridgehead atoms. The third kappa shape index (κ3) is 5.76. The lowest BCUT2D eigenvalue weighted by Gasteiger charge is -2.20. The van der Waals surface area contributed by atoms with Crippen molar-refractivity contribution in [2.24, 2.45) is 4.99 Å². The molecule has 0 radical (unpaired) electrons. The summed E-state index contributed by atoms with van der Waals surface area (Å²) in [6.07, 6.45) is -14.8. The minimum atomic E-state index is -5.36. The molecule has 0 amide bonds. The Bertz CT molecular complexity index is 773. The largest absolute Gasteiger partial charge is 0.475 e. The van der Waals surface area contributed by atoms with Crippen LogP contribution in [0.4, 0.5) is 40.8 Å². The first kappa shape index (κ1) is 24.6. The van der Waals surface area contributed by atoms with E-state index < -0.39 is 71.9 Å². The Morgan fingerprint density at radius 3 is 1.97 bits per heavy atom. The van der Waals surface area contributed by atoms with Crippen LogP contribution < -0.4 is 0 Å². The zero-order valence-corrected chi connectivity index (χ0v) is 15.3. The molecule has 1 aromatic rings. The molecule has 0 fully saturated rings. The van der Waals surface area contributed by atoms with Gasteiger partial charge in [0.05, 0.1) is 24.5 Å². The van der Waals surface area contributed by atoms with E-state index in [0.29, 0.717) is 0 Å². The quantitative estimate of drug-likeness (QED) is 0.259. The maximum absolute atomic E-state index is 13.4. The van der Waals surface area contributed by atoms with Gasteiger partial charge in [-0.05, 0) is 25.8 Å². The fourth-order valence-corrected chi connectivity index (χ4v) is 2.31. The van der Waals surface area contributed by atoms with Crippen LogP contribution in [0.25, 0.3) is 0 Å². The highest BCUT2D eigenvalue weighted by atomic mass is 19.4. The number of esters is 1. The number of ether oxygens (including phenoxy) is 2. The first-order chi connectivity index (χ1) is 13.3. The van der Waals surface area contributed by atoms with Crippen LogP contribution in [0, 0.1) is 0 Å². The first-order valence-corrected chi connectivity index (χ1v) is 8.17. The molecule has 0 atom stereocenters. The van der Waals surface area contributed by atoms with Gasteiger partial charge in [0.25, 0.3) is 12.3 Å². The lowest BCUT2D eigenvalue weighted by molar-refractivity contribution is -0.142. The number of nitrogens with zero attached hydrogens (tertiary/aromatic N) is 2. The SMILES string of the molecule is CCOC(=O)c1c(C(F)(F)F)nc(C(F)F)c(N=C(OCC)C(F)(F)F)c1CC. The number of halogens is 8. The van der Waals surface area contributed by atoms with Crippen molar-refractivity contribution in [1.29, 1.82) is 0 Å². The summed E-state index contributed by atoms with van der Waals surface area (Å²) in [5.41, 5.74) is -6.97. The van der Waals surface area contributed by atoms with E-state index in [4.69, 9.17) is 0 Å². The summed E-state index contributed by atoms with van der Waals surface area (Å²) in [6.45, 7) is 2.66. The predicted molar refractivity (Wildman–Crippen MR) is 84.3 cm³/mol. The average molecular weight is 436 g/mol. The minimum absolute atomic E-state index is 0.374. The van der Waals surface area contributed by atoms with Gasteiger partial charge in [0.15, 0.2) is 5.69 Å². The molecule has 0 unspecified atom stereocenters. The number of carbonyl (C=O) groups is 1. The molecule has 1 aromatic heterocycles. The summed E-state index contributed by atoms with van der Waals surface area (Å²) in [6, 6.07) is 0. The van der Waals surface area contributed by atoms with Crippen molar-refractivity contribution in [2.45, 2.75) is 46.0 Å². The number of hydrogen-bond acceptors (Lipinski definition) is 5. The standard InChI is InChI=1S/C16H16F8N2O3/c1-4-7-8(13(27)28-5-2)11(15(19,20)21)25-10(12(17)18)9(7)26-14(29-6-3)16(22,23)24/h12H,4-6H2,1-3H3. The number of hydrogen-bond donors (Lipinski definition) is 0. The van der Waals surface area contributed by atoms with Crippen LogP contribution in [-0.2, 0) is 22.1 Å². The van der Waals surface area contributed by atoms with Gasteiger partial charge in [-0.1, -0.05) is 6.92 Å². The Kier molecular flexibility index (Phi) is 7.92. The lowest BCUT2D eigenvalue weighted by Crippen LogP contribution is -2.26. The highest BCUT2D eigenvalue weighted by Crippen LogP contribution is 2.41. The first-order valence-electron chi connectivity index (χ1n) is 8.17. The predicted octanol–water partition coefficient (Wildman–Crippen LogP) is 5.41. The summed E-state index contributed by atoms with van der Waals surface area (Å²) in [5, 5.41) is 0. The van der Waals surface area contributed by atoms with E-state index in [0.717, 1.165) is 13.8 Å². The van der Waals surface area contributed by atoms with Crippen molar-refractivity contribution in [3.63, 3.8) is 0 Å². The topological polar surface area (TPSA) is 60.8 Å². The second kappa shape index (κ2) is 9.35. The van der Waals surface area contributed by atoms with E-state index in [-0.39, 0.29) is 6.61 Å². The van der Waals surface area contributed by atoms with Gasteiger partial charge in [-0.2, -0.15) is 26.3 Å². The van der Waals surface area contributed by atoms with Crippen LogP contribution in [0.2, 0.25) is 0 Å². The van der Waals surface area contributed by atoms with Gasteiger partial charge in [0.2, 0.25) is 0 Å². The smallest absolute Gasteiger partial charge is 0.468 e. The summed E-state index contributed by atoms with van der Waals surface area (Å²) >= 11 is 0. The number of carbonyl (C=O) groups excluding carboxylic acids is 1. The van der Waals surface area contributed by atoms with E-state index in [9.17, 15) is 39.9 Å². The fourth-order valence-electron chi connectivity index (χ4n) is 2.31. The van der Waals surface area contributed by atoms with Gasteiger partial charge in [0.1, 0.15) is 5.69 Å². The van der Waals surface area contributed by atoms with Crippen LogP contribution in [-0.4, -0.2) is 36.2 Å². The van der Waals surface area contributed by atoms with Crippen molar-refractivity contribution in [3.05, 3.63) is 22.5 Å². The van der Waals surface area contributed by atoms with E-state index in [1.54, 1.807) is 0 Å². The molecule has 0 saturated carbocycles. The molecule has 5 nitrogen and oxygen atoms in total. The third-order valence-corrected chi connectivity index (χ3v) is 3.34. The van der Waals surface area contributed by atoms with Gasteiger partial charge < -0.3 is 9.47 Å². The molecule has 1 rings (SSSR count). The van der Waals surface area contributed by atoms with Gasteiger partial charge in [-0.25, -0.2) is 23.6 Å². The van der Waals surface area contributed by atoms with Crippen LogP contribution in [0.5, 0.6) is 0 Å². The summed E-state index contributed by atoms with van der Waals surface area (Å²) in [7, 11) is 0. The Balaban J connectivity index is 4.06. The summed E-state index contributed by atoms with van der Waals surface area (Å²) in [5.74, 6) is -3.54. The van der Waals surface area contributed by atoms with Crippen molar-refractivity contribution in [1.82, 2.24) is 4.98 Å². The fraction of sp³-hybridized carbons (Fsp3) is 0.562. The molecule has 0 spiro atoms. The van der Waals surface area contributed by atoms with Gasteiger partial charge in [-0.15, -0.1) is 0 Å². The molecule has 0 aliphatic rings. The van der Waals surface area contributed by atoms with Crippen LogP contribution >= 0.6 is 0 Å². The summed E-state index contributed by atoms with van der Waals surface area (Å²) < 4.78 is 115. The molecule has 0 saturated heterocycles. The monoisotopic (exact) mass is 436 g/mol. The van der Waals surface area contributed by atoms with E-state index in [1.165, 1.54) is 6.92 Å². The molecular formula is C16H16F8N2O3. The van der Waals surface area contributed by atoms with E-state index in [1.807, 2.05) is 0 Å². The van der Waals surface area contributed by atoms with Crippen LogP contribution in [0.1, 0.15) is 54.5 Å². The van der Waals surface area contributed by atoms with Crippen molar-refractivity contribution < 1.29 is 49.4 Å². The van der Waals surface area contributed by atoms with E-state index >= 15 is 0 Å². The van der Waals surface area contributed by atoms with E-state index in [2.05, 4.69) is 19.5 Å². The number of aromatic nitrogens is 1. The van der Waals surface area contributed by atoms with Crippen molar-refractivity contribution in [3.8, 4) is 0 Å². The lowest BCUT2D eigenvalue weighted by atomic mass is 9.99. The highest BCUT2D eigenvalue weighted by molar-refractivity contribution is 5.95. The molecule has 1 heterocycles. The maximum atomic E-state index is 13.4. The van der Waals surface area contributed by atoms with Crippen molar-refractivity contribution in [2.75, 3.05) is 13.2 Å². The Morgan fingerprint density at radius 2 is 1.59 bits per heavy atom. The van der Waals surface area contributed by atoms with Gasteiger partial charge in [0, 0.05) is 0 Å². The molecule has 13 heteroatoms. The van der Waals surface area contributed by atoms with Crippen molar-refractivity contribution >= 4 is 17.6 Å². The van der Waals surface area contributed by atoms with Gasteiger partial charge >= 0.3 is 18.3 Å². The normalized spacial score (nSPS) is 13.0. The van der Waals surface area contributed by atoms with Crippen LogP contribution in [0.15, 0.2) is 4.99 Å².